The highest BCUT2D eigenvalue weighted by molar-refractivity contribution is 6.39. The molecule has 0 aliphatic carbocycles. The SMILES string of the molecule is CCOC(=O)Cn1cc(/C=C2/C(=O)NC(=O)N(c3cc(C)cc(C)c3)C2=O)c2ccccc21. The Balaban J connectivity index is 1.78. The fourth-order valence-corrected chi connectivity index (χ4v) is 3.99. The van der Waals surface area contributed by atoms with E-state index in [9.17, 15) is 19.2 Å². The quantitative estimate of drug-likeness (QED) is 0.368. The maximum atomic E-state index is 13.3. The van der Waals surface area contributed by atoms with Crippen LogP contribution in [-0.2, 0) is 25.7 Å². The van der Waals surface area contributed by atoms with E-state index in [1.54, 1.807) is 29.8 Å². The molecule has 8 heteroatoms. The van der Waals surface area contributed by atoms with Gasteiger partial charge in [0.2, 0.25) is 0 Å². The Hall–Kier alpha value is -4.20. The minimum absolute atomic E-state index is 0.00908. The molecule has 0 saturated carbocycles. The van der Waals surface area contributed by atoms with Crippen LogP contribution in [-0.4, -0.2) is 35.0 Å². The summed E-state index contributed by atoms with van der Waals surface area (Å²) in [7, 11) is 0. The van der Waals surface area contributed by atoms with Crippen molar-refractivity contribution < 1.29 is 23.9 Å². The number of nitrogens with zero attached hydrogens (tertiary/aromatic N) is 2. The number of carbonyl (C=O) groups is 4. The fourth-order valence-electron chi connectivity index (χ4n) is 3.99. The largest absolute Gasteiger partial charge is 0.465 e. The molecule has 8 nitrogen and oxygen atoms in total. The summed E-state index contributed by atoms with van der Waals surface area (Å²) in [6, 6.07) is 11.9. The molecule has 168 valence electrons. The van der Waals surface area contributed by atoms with Crippen LogP contribution in [0.1, 0.15) is 23.6 Å². The molecule has 4 rings (SSSR count). The highest BCUT2D eigenvalue weighted by atomic mass is 16.5. The normalized spacial score (nSPS) is 15.3. The van der Waals surface area contributed by atoms with Crippen LogP contribution in [0.2, 0.25) is 0 Å². The van der Waals surface area contributed by atoms with Crippen molar-refractivity contribution in [3.05, 3.63) is 70.9 Å². The summed E-state index contributed by atoms with van der Waals surface area (Å²) < 4.78 is 6.75. The topological polar surface area (TPSA) is 97.7 Å². The number of hydrogen-bond donors (Lipinski definition) is 1. The number of anilines is 1. The van der Waals surface area contributed by atoms with Crippen LogP contribution in [0.4, 0.5) is 10.5 Å². The maximum Gasteiger partial charge on any atom is 0.335 e. The maximum absolute atomic E-state index is 13.3. The van der Waals surface area contributed by atoms with E-state index in [4.69, 9.17) is 4.74 Å². The second-order valence-electron chi connectivity index (χ2n) is 7.84. The molecule has 2 heterocycles. The van der Waals surface area contributed by atoms with Crippen LogP contribution in [0.5, 0.6) is 0 Å². The summed E-state index contributed by atoms with van der Waals surface area (Å²) >= 11 is 0. The summed E-state index contributed by atoms with van der Waals surface area (Å²) in [5, 5.41) is 3.00. The number of imide groups is 2. The first-order chi connectivity index (χ1) is 15.8. The smallest absolute Gasteiger partial charge is 0.335 e. The lowest BCUT2D eigenvalue weighted by Crippen LogP contribution is -2.54. The van der Waals surface area contributed by atoms with Crippen molar-refractivity contribution in [2.45, 2.75) is 27.3 Å². The van der Waals surface area contributed by atoms with Crippen LogP contribution >= 0.6 is 0 Å². The van der Waals surface area contributed by atoms with Crippen LogP contribution in [0.25, 0.3) is 17.0 Å². The van der Waals surface area contributed by atoms with Crippen molar-refractivity contribution in [3.8, 4) is 0 Å². The molecule has 1 N–H and O–H groups in total. The molecule has 0 radical (unpaired) electrons. The van der Waals surface area contributed by atoms with Gasteiger partial charge in [-0.15, -0.1) is 0 Å². The van der Waals surface area contributed by atoms with Gasteiger partial charge in [0.1, 0.15) is 12.1 Å². The summed E-state index contributed by atoms with van der Waals surface area (Å²) in [5.41, 5.74) is 3.31. The predicted octanol–water partition coefficient (Wildman–Crippen LogP) is 3.49. The van der Waals surface area contributed by atoms with E-state index in [2.05, 4.69) is 5.32 Å². The molecule has 2 aromatic carbocycles. The van der Waals surface area contributed by atoms with Gasteiger partial charge in [-0.05, 0) is 56.2 Å². The van der Waals surface area contributed by atoms with Crippen molar-refractivity contribution in [2.24, 2.45) is 0 Å². The Kier molecular flexibility index (Phi) is 5.83. The number of hydrogen-bond acceptors (Lipinski definition) is 5. The number of nitrogens with one attached hydrogen (secondary N) is 1. The Labute approximate surface area is 190 Å². The van der Waals surface area contributed by atoms with Gasteiger partial charge in [0.25, 0.3) is 11.8 Å². The van der Waals surface area contributed by atoms with Crippen molar-refractivity contribution >= 4 is 46.5 Å². The molecule has 4 amide bonds. The van der Waals surface area contributed by atoms with Gasteiger partial charge in [-0.25, -0.2) is 9.69 Å². The monoisotopic (exact) mass is 445 g/mol. The first kappa shape index (κ1) is 22.0. The van der Waals surface area contributed by atoms with Crippen molar-refractivity contribution in [1.82, 2.24) is 9.88 Å². The molecule has 1 fully saturated rings. The second-order valence-corrected chi connectivity index (χ2v) is 7.84. The molecule has 0 atom stereocenters. The Morgan fingerprint density at radius 2 is 1.76 bits per heavy atom. The van der Waals surface area contributed by atoms with Gasteiger partial charge in [-0.2, -0.15) is 0 Å². The number of amides is 4. The van der Waals surface area contributed by atoms with E-state index in [0.29, 0.717) is 11.3 Å². The third-order valence-electron chi connectivity index (χ3n) is 5.29. The molecule has 33 heavy (non-hydrogen) atoms. The lowest BCUT2D eigenvalue weighted by molar-refractivity contribution is -0.143. The standard InChI is InChI=1S/C25H23N3O5/c1-4-33-22(29)14-27-13-17(19-7-5-6-8-21(19)27)12-20-23(30)26-25(32)28(24(20)31)18-10-15(2)9-16(3)11-18/h5-13H,4,14H2,1-3H3,(H,26,30,32)/b20-12-. The van der Waals surface area contributed by atoms with Crippen LogP contribution in [0.3, 0.4) is 0 Å². The molecule has 1 aliphatic rings. The van der Waals surface area contributed by atoms with Gasteiger partial charge in [-0.3, -0.25) is 19.7 Å². The van der Waals surface area contributed by atoms with E-state index in [1.165, 1.54) is 6.08 Å². The minimum Gasteiger partial charge on any atom is -0.465 e. The summed E-state index contributed by atoms with van der Waals surface area (Å²) in [6.07, 6.45) is 3.14. The molecular formula is C25H23N3O5. The van der Waals surface area contributed by atoms with Gasteiger partial charge in [0.15, 0.2) is 0 Å². The van der Waals surface area contributed by atoms with Gasteiger partial charge < -0.3 is 9.30 Å². The highest BCUT2D eigenvalue weighted by Gasteiger charge is 2.37. The number of esters is 1. The number of ether oxygens (including phenoxy) is 1. The molecular weight excluding hydrogens is 422 g/mol. The third-order valence-corrected chi connectivity index (χ3v) is 5.29. The zero-order valence-electron chi connectivity index (χ0n) is 18.5. The number of benzene rings is 2. The molecule has 0 bridgehead atoms. The van der Waals surface area contributed by atoms with Gasteiger partial charge in [0.05, 0.1) is 12.3 Å². The third kappa shape index (κ3) is 4.27. The number of rotatable bonds is 5. The van der Waals surface area contributed by atoms with Crippen molar-refractivity contribution in [3.63, 3.8) is 0 Å². The number of para-hydroxylation sites is 1. The average molecular weight is 445 g/mol. The molecule has 0 unspecified atom stereocenters. The molecule has 1 aliphatic heterocycles. The first-order valence-corrected chi connectivity index (χ1v) is 10.5. The molecule has 1 aromatic heterocycles. The second kappa shape index (κ2) is 8.74. The Bertz CT molecular complexity index is 1310. The minimum atomic E-state index is -0.795. The summed E-state index contributed by atoms with van der Waals surface area (Å²) in [4.78, 5) is 51.4. The lowest BCUT2D eigenvalue weighted by atomic mass is 10.0. The van der Waals surface area contributed by atoms with Gasteiger partial charge in [-0.1, -0.05) is 24.3 Å². The zero-order chi connectivity index (χ0) is 23.7. The van der Waals surface area contributed by atoms with Crippen molar-refractivity contribution in [1.29, 1.82) is 0 Å². The van der Waals surface area contributed by atoms with E-state index in [0.717, 1.165) is 26.9 Å². The molecule has 1 saturated heterocycles. The number of urea groups is 1. The summed E-state index contributed by atoms with van der Waals surface area (Å²) in [5.74, 6) is -1.88. The van der Waals surface area contributed by atoms with E-state index in [1.807, 2.05) is 44.2 Å². The van der Waals surface area contributed by atoms with E-state index < -0.39 is 23.8 Å². The fraction of sp³-hybridized carbons (Fsp3) is 0.200. The Morgan fingerprint density at radius 3 is 2.45 bits per heavy atom. The first-order valence-electron chi connectivity index (χ1n) is 10.5. The number of aryl methyl sites for hydroxylation is 2. The van der Waals surface area contributed by atoms with E-state index >= 15 is 0 Å². The molecule has 3 aromatic rings. The molecule has 0 spiro atoms. The number of aromatic nitrogens is 1. The number of barbiturate groups is 1. The van der Waals surface area contributed by atoms with Crippen LogP contribution in [0.15, 0.2) is 54.2 Å². The van der Waals surface area contributed by atoms with Crippen molar-refractivity contribution in [2.75, 3.05) is 11.5 Å². The lowest BCUT2D eigenvalue weighted by Gasteiger charge is -2.26. The Morgan fingerprint density at radius 1 is 1.06 bits per heavy atom. The van der Waals surface area contributed by atoms with Crippen LogP contribution < -0.4 is 10.2 Å². The highest BCUT2D eigenvalue weighted by Crippen LogP contribution is 2.27. The zero-order valence-corrected chi connectivity index (χ0v) is 18.5. The predicted molar refractivity (Wildman–Crippen MR) is 123 cm³/mol. The van der Waals surface area contributed by atoms with E-state index in [-0.39, 0.29) is 18.7 Å². The van der Waals surface area contributed by atoms with Gasteiger partial charge >= 0.3 is 12.0 Å². The summed E-state index contributed by atoms with van der Waals surface area (Å²) in [6.45, 7) is 5.72. The number of carbonyl (C=O) groups excluding carboxylic acids is 4. The van der Waals surface area contributed by atoms with Crippen LogP contribution in [0, 0.1) is 13.8 Å². The number of fused-ring (bicyclic) bond motifs is 1. The average Bonchev–Trinajstić information content (AvgIpc) is 3.08. The van der Waals surface area contributed by atoms with Gasteiger partial charge in [0, 0.05) is 22.7 Å².